The van der Waals surface area contributed by atoms with Crippen LogP contribution in [-0.2, 0) is 18.3 Å². The monoisotopic (exact) mass is 285 g/mol. The van der Waals surface area contributed by atoms with Crippen molar-refractivity contribution in [1.82, 2.24) is 14.8 Å². The van der Waals surface area contributed by atoms with Crippen molar-refractivity contribution in [3.8, 4) is 0 Å². The maximum atomic E-state index is 12.2. The molecule has 4 nitrogen and oxygen atoms in total. The first-order chi connectivity index (χ1) is 10.1. The molecule has 1 aromatic carbocycles. The molecule has 21 heavy (non-hydrogen) atoms. The number of nitrogens with one attached hydrogen (secondary N) is 1. The number of aryl methyl sites for hydroxylation is 1. The third kappa shape index (κ3) is 2.95. The largest absolute Gasteiger partial charge is 0.354 e. The zero-order valence-electron chi connectivity index (χ0n) is 12.8. The van der Waals surface area contributed by atoms with Crippen molar-refractivity contribution < 1.29 is 4.79 Å². The van der Waals surface area contributed by atoms with Gasteiger partial charge in [0.25, 0.3) is 0 Å². The van der Waals surface area contributed by atoms with Gasteiger partial charge in [-0.25, -0.2) is 0 Å². The highest BCUT2D eigenvalue weighted by atomic mass is 16.1. The number of hydrogen-bond donors (Lipinski definition) is 1. The van der Waals surface area contributed by atoms with Crippen molar-refractivity contribution in [2.45, 2.75) is 25.3 Å². The van der Waals surface area contributed by atoms with Crippen LogP contribution in [0.5, 0.6) is 0 Å². The Hall–Kier alpha value is -1.81. The molecule has 0 radical (unpaired) electrons. The van der Waals surface area contributed by atoms with Gasteiger partial charge in [-0.1, -0.05) is 18.2 Å². The van der Waals surface area contributed by atoms with Crippen LogP contribution in [0.2, 0.25) is 0 Å². The summed E-state index contributed by atoms with van der Waals surface area (Å²) in [5.41, 5.74) is 2.28. The van der Waals surface area contributed by atoms with Crippen molar-refractivity contribution in [2.75, 3.05) is 20.1 Å². The zero-order chi connectivity index (χ0) is 14.8. The van der Waals surface area contributed by atoms with Gasteiger partial charge in [-0.15, -0.1) is 0 Å². The summed E-state index contributed by atoms with van der Waals surface area (Å²) in [4.78, 5) is 14.5. The molecule has 4 heteroatoms. The second-order valence-electron chi connectivity index (χ2n) is 6.04. The predicted octanol–water partition coefficient (Wildman–Crippen LogP) is 1.93. The summed E-state index contributed by atoms with van der Waals surface area (Å²) in [5.74, 6) is 0.117. The topological polar surface area (TPSA) is 37.3 Å². The average molecular weight is 285 g/mol. The number of carbonyl (C=O) groups is 1. The Balaban J connectivity index is 1.64. The Kier molecular flexibility index (Phi) is 3.97. The number of benzene rings is 1. The molecule has 1 saturated heterocycles. The van der Waals surface area contributed by atoms with E-state index in [0.29, 0.717) is 12.5 Å². The van der Waals surface area contributed by atoms with Crippen LogP contribution >= 0.6 is 0 Å². The molecule has 1 aromatic heterocycles. The minimum atomic E-state index is 0.117. The smallest absolute Gasteiger partial charge is 0.224 e. The number of likely N-dealkylation sites (N-methyl/N-ethyl adjacent to an activating group) is 1. The van der Waals surface area contributed by atoms with Crippen molar-refractivity contribution >= 4 is 16.8 Å². The fraction of sp³-hybridized carbons (Fsp3) is 0.471. The number of para-hydroxylation sites is 1. The first kappa shape index (κ1) is 14.1. The number of amides is 1. The first-order valence-electron chi connectivity index (χ1n) is 7.65. The standard InChI is InChI=1S/C17H23N3O/c1-19-9-5-6-14(19)11-18-17(21)10-13-12-20(2)16-8-4-3-7-15(13)16/h3-4,7-8,12,14H,5-6,9-11H2,1-2H3,(H,18,21)/t14-/m1/s1. The molecule has 1 fully saturated rings. The molecule has 1 aliphatic rings. The summed E-state index contributed by atoms with van der Waals surface area (Å²) < 4.78 is 2.09. The Bertz CT molecular complexity index is 647. The summed E-state index contributed by atoms with van der Waals surface area (Å²) in [7, 11) is 4.16. The molecule has 112 valence electrons. The minimum absolute atomic E-state index is 0.117. The van der Waals surface area contributed by atoms with E-state index in [0.717, 1.165) is 18.7 Å². The van der Waals surface area contributed by atoms with E-state index in [-0.39, 0.29) is 5.91 Å². The molecule has 1 N–H and O–H groups in total. The highest BCUT2D eigenvalue weighted by molar-refractivity contribution is 5.89. The Morgan fingerprint density at radius 1 is 1.33 bits per heavy atom. The van der Waals surface area contributed by atoms with Crippen LogP contribution in [0.25, 0.3) is 10.9 Å². The summed E-state index contributed by atoms with van der Waals surface area (Å²) in [5, 5.41) is 4.26. The van der Waals surface area contributed by atoms with Gasteiger partial charge in [-0.2, -0.15) is 0 Å². The van der Waals surface area contributed by atoms with Crippen molar-refractivity contribution in [2.24, 2.45) is 7.05 Å². The Morgan fingerprint density at radius 2 is 2.14 bits per heavy atom. The Morgan fingerprint density at radius 3 is 2.90 bits per heavy atom. The van der Waals surface area contributed by atoms with E-state index in [2.05, 4.69) is 40.2 Å². The second-order valence-corrected chi connectivity index (χ2v) is 6.04. The highest BCUT2D eigenvalue weighted by Crippen LogP contribution is 2.20. The fourth-order valence-electron chi connectivity index (χ4n) is 3.27. The molecule has 0 spiro atoms. The number of rotatable bonds is 4. The van der Waals surface area contributed by atoms with E-state index in [4.69, 9.17) is 0 Å². The van der Waals surface area contributed by atoms with E-state index < -0.39 is 0 Å². The van der Waals surface area contributed by atoms with E-state index in [9.17, 15) is 4.79 Å². The van der Waals surface area contributed by atoms with Gasteiger partial charge < -0.3 is 14.8 Å². The number of likely N-dealkylation sites (tertiary alicyclic amines) is 1. The van der Waals surface area contributed by atoms with Crippen LogP contribution in [0, 0.1) is 0 Å². The molecule has 1 aliphatic heterocycles. The van der Waals surface area contributed by atoms with Crippen molar-refractivity contribution in [1.29, 1.82) is 0 Å². The Labute approximate surface area is 125 Å². The quantitative estimate of drug-likeness (QED) is 0.932. The third-order valence-electron chi connectivity index (χ3n) is 4.54. The van der Waals surface area contributed by atoms with Gasteiger partial charge in [-0.05, 0) is 38.1 Å². The van der Waals surface area contributed by atoms with Crippen LogP contribution in [0.3, 0.4) is 0 Å². The van der Waals surface area contributed by atoms with Gasteiger partial charge in [0.1, 0.15) is 0 Å². The summed E-state index contributed by atoms with van der Waals surface area (Å²) in [6.07, 6.45) is 4.94. The van der Waals surface area contributed by atoms with E-state index in [1.165, 1.54) is 23.7 Å². The molecule has 1 amide bonds. The normalized spacial score (nSPS) is 19.2. The highest BCUT2D eigenvalue weighted by Gasteiger charge is 2.21. The van der Waals surface area contributed by atoms with Gasteiger partial charge in [0.05, 0.1) is 6.42 Å². The lowest BCUT2D eigenvalue weighted by atomic mass is 10.1. The number of nitrogens with zero attached hydrogens (tertiary/aromatic N) is 2. The van der Waals surface area contributed by atoms with Crippen LogP contribution in [0.15, 0.2) is 30.5 Å². The lowest BCUT2D eigenvalue weighted by molar-refractivity contribution is -0.120. The molecule has 0 aliphatic carbocycles. The van der Waals surface area contributed by atoms with E-state index in [1.807, 2.05) is 19.2 Å². The molecular formula is C17H23N3O. The molecule has 0 saturated carbocycles. The van der Waals surface area contributed by atoms with Crippen molar-refractivity contribution in [3.63, 3.8) is 0 Å². The van der Waals surface area contributed by atoms with Gasteiger partial charge >= 0.3 is 0 Å². The van der Waals surface area contributed by atoms with Crippen LogP contribution in [0.1, 0.15) is 18.4 Å². The lowest BCUT2D eigenvalue weighted by Crippen LogP contribution is -2.38. The fourth-order valence-corrected chi connectivity index (χ4v) is 3.27. The summed E-state index contributed by atoms with van der Waals surface area (Å²) >= 11 is 0. The summed E-state index contributed by atoms with van der Waals surface area (Å²) in [6.45, 7) is 1.91. The number of hydrogen-bond acceptors (Lipinski definition) is 2. The van der Waals surface area contributed by atoms with Gasteiger partial charge in [0.2, 0.25) is 5.91 Å². The van der Waals surface area contributed by atoms with E-state index in [1.54, 1.807) is 0 Å². The van der Waals surface area contributed by atoms with Crippen molar-refractivity contribution in [3.05, 3.63) is 36.0 Å². The average Bonchev–Trinajstić information content (AvgIpc) is 3.02. The van der Waals surface area contributed by atoms with Crippen LogP contribution in [-0.4, -0.2) is 41.6 Å². The van der Waals surface area contributed by atoms with E-state index >= 15 is 0 Å². The first-order valence-corrected chi connectivity index (χ1v) is 7.65. The second kappa shape index (κ2) is 5.90. The van der Waals surface area contributed by atoms with Gasteiger partial charge in [0, 0.05) is 36.7 Å². The molecule has 1 atom stereocenters. The SMILES string of the molecule is CN1CCC[C@@H]1CNC(=O)Cc1cn(C)c2ccccc12. The number of carbonyl (C=O) groups excluding carboxylic acids is 1. The maximum absolute atomic E-state index is 12.2. The molecule has 0 unspecified atom stereocenters. The predicted molar refractivity (Wildman–Crippen MR) is 85.3 cm³/mol. The van der Waals surface area contributed by atoms with Gasteiger partial charge in [0.15, 0.2) is 0 Å². The zero-order valence-corrected chi connectivity index (χ0v) is 12.8. The molecular weight excluding hydrogens is 262 g/mol. The lowest BCUT2D eigenvalue weighted by Gasteiger charge is -2.19. The third-order valence-corrected chi connectivity index (χ3v) is 4.54. The number of fused-ring (bicyclic) bond motifs is 1. The van der Waals surface area contributed by atoms with Crippen LogP contribution < -0.4 is 5.32 Å². The van der Waals surface area contributed by atoms with Gasteiger partial charge in [-0.3, -0.25) is 4.79 Å². The number of aromatic nitrogens is 1. The maximum Gasteiger partial charge on any atom is 0.224 e. The van der Waals surface area contributed by atoms with Crippen LogP contribution in [0.4, 0.5) is 0 Å². The summed E-state index contributed by atoms with van der Waals surface area (Å²) in [6, 6.07) is 8.73. The molecule has 2 heterocycles. The molecule has 0 bridgehead atoms. The molecule has 2 aromatic rings. The molecule has 3 rings (SSSR count). The minimum Gasteiger partial charge on any atom is -0.354 e.